The van der Waals surface area contributed by atoms with Crippen LogP contribution in [0.3, 0.4) is 0 Å². The van der Waals surface area contributed by atoms with Gasteiger partial charge in [0.25, 0.3) is 0 Å². The Bertz CT molecular complexity index is 1420. The molecule has 8 heteroatoms. The van der Waals surface area contributed by atoms with Crippen molar-refractivity contribution >= 4 is 63.3 Å². The van der Waals surface area contributed by atoms with Crippen LogP contribution in [0.1, 0.15) is 67.2 Å². The Balaban J connectivity index is 1.57. The van der Waals surface area contributed by atoms with Crippen molar-refractivity contribution in [2.24, 2.45) is 0 Å². The van der Waals surface area contributed by atoms with Crippen LogP contribution in [0.5, 0.6) is 5.75 Å². The Hall–Kier alpha value is -2.29. The molecule has 1 spiro atoms. The van der Waals surface area contributed by atoms with E-state index >= 15 is 0 Å². The van der Waals surface area contributed by atoms with Gasteiger partial charge in [-0.2, -0.15) is 0 Å². The number of ether oxygens (including phenoxy) is 1. The second kappa shape index (κ2) is 10.4. The SMILES string of the molecule is O=C1CC(c2cccc(Cl)c2)C2(C(=O)Nc3cc(Cl)ccc32)C(c2cc(I)ccc2OC2CCCCC2)N1. The summed E-state index contributed by atoms with van der Waals surface area (Å²) < 4.78 is 7.60. The van der Waals surface area contributed by atoms with E-state index in [1.807, 2.05) is 42.5 Å². The van der Waals surface area contributed by atoms with Gasteiger partial charge in [0.05, 0.1) is 12.1 Å². The molecule has 0 radical (unpaired) electrons. The van der Waals surface area contributed by atoms with Crippen molar-refractivity contribution in [3.63, 3.8) is 0 Å². The third-order valence-electron chi connectivity index (χ3n) is 8.13. The molecule has 2 aliphatic heterocycles. The molecule has 2 N–H and O–H groups in total. The summed E-state index contributed by atoms with van der Waals surface area (Å²) in [6.07, 6.45) is 5.77. The maximum Gasteiger partial charge on any atom is 0.238 e. The van der Waals surface area contributed by atoms with E-state index in [9.17, 15) is 9.59 Å². The molecule has 3 unspecified atom stereocenters. The first kappa shape index (κ1) is 26.0. The lowest BCUT2D eigenvalue weighted by atomic mass is 9.59. The summed E-state index contributed by atoms with van der Waals surface area (Å²) in [5.41, 5.74) is 1.99. The molecule has 0 aromatic heterocycles. The molecule has 38 heavy (non-hydrogen) atoms. The number of halogens is 3. The number of carbonyl (C=O) groups excluding carboxylic acids is 2. The largest absolute Gasteiger partial charge is 0.490 e. The number of carbonyl (C=O) groups is 2. The first-order chi connectivity index (χ1) is 18.4. The van der Waals surface area contributed by atoms with Gasteiger partial charge in [-0.3, -0.25) is 9.59 Å². The van der Waals surface area contributed by atoms with E-state index < -0.39 is 17.4 Å². The minimum Gasteiger partial charge on any atom is -0.490 e. The zero-order valence-electron chi connectivity index (χ0n) is 20.6. The number of fused-ring (bicyclic) bond motifs is 2. The van der Waals surface area contributed by atoms with Crippen molar-refractivity contribution in [2.45, 2.75) is 62.0 Å². The van der Waals surface area contributed by atoms with E-state index in [1.165, 1.54) is 6.42 Å². The van der Waals surface area contributed by atoms with Gasteiger partial charge >= 0.3 is 0 Å². The summed E-state index contributed by atoms with van der Waals surface area (Å²) >= 11 is 15.0. The predicted octanol–water partition coefficient (Wildman–Crippen LogP) is 7.54. The number of nitrogens with one attached hydrogen (secondary N) is 2. The Labute approximate surface area is 245 Å². The summed E-state index contributed by atoms with van der Waals surface area (Å²) in [5.74, 6) is -0.0396. The molecule has 3 aliphatic rings. The molecule has 6 rings (SSSR count). The molecular formula is C30H27Cl2IN2O3. The van der Waals surface area contributed by atoms with Crippen molar-refractivity contribution in [1.29, 1.82) is 0 Å². The van der Waals surface area contributed by atoms with Crippen molar-refractivity contribution in [2.75, 3.05) is 5.32 Å². The monoisotopic (exact) mass is 660 g/mol. The summed E-state index contributed by atoms with van der Waals surface area (Å²) in [7, 11) is 0. The fraction of sp³-hybridized carbons (Fsp3) is 0.333. The fourth-order valence-corrected chi connectivity index (χ4v) is 7.37. The van der Waals surface area contributed by atoms with Crippen LogP contribution < -0.4 is 15.4 Å². The van der Waals surface area contributed by atoms with Crippen LogP contribution >= 0.6 is 45.8 Å². The summed E-state index contributed by atoms with van der Waals surface area (Å²) in [6.45, 7) is 0. The van der Waals surface area contributed by atoms with E-state index in [1.54, 1.807) is 18.2 Å². The van der Waals surface area contributed by atoms with Crippen LogP contribution in [0.4, 0.5) is 5.69 Å². The van der Waals surface area contributed by atoms with Crippen LogP contribution in [0, 0.1) is 3.57 Å². The van der Waals surface area contributed by atoms with Gasteiger partial charge in [-0.15, -0.1) is 0 Å². The van der Waals surface area contributed by atoms with Gasteiger partial charge in [0.1, 0.15) is 11.2 Å². The lowest BCUT2D eigenvalue weighted by Gasteiger charge is -2.46. The topological polar surface area (TPSA) is 67.4 Å². The second-order valence-corrected chi connectivity index (χ2v) is 12.5. The van der Waals surface area contributed by atoms with Crippen molar-refractivity contribution in [3.05, 3.63) is 91.0 Å². The molecule has 2 amide bonds. The van der Waals surface area contributed by atoms with Crippen LogP contribution in [0.25, 0.3) is 0 Å². The average molecular weight is 661 g/mol. The van der Waals surface area contributed by atoms with E-state index in [-0.39, 0.29) is 24.3 Å². The first-order valence-corrected chi connectivity index (χ1v) is 14.8. The lowest BCUT2D eigenvalue weighted by molar-refractivity contribution is -0.131. The number of hydrogen-bond acceptors (Lipinski definition) is 3. The van der Waals surface area contributed by atoms with Crippen LogP contribution in [-0.2, 0) is 15.0 Å². The minimum absolute atomic E-state index is 0.116. The molecule has 2 heterocycles. The summed E-state index contributed by atoms with van der Waals surface area (Å²) in [6, 6.07) is 18.3. The first-order valence-electron chi connectivity index (χ1n) is 13.0. The molecule has 3 aromatic rings. The Morgan fingerprint density at radius 1 is 0.921 bits per heavy atom. The highest BCUT2D eigenvalue weighted by Crippen LogP contribution is 2.58. The zero-order valence-corrected chi connectivity index (χ0v) is 24.3. The van der Waals surface area contributed by atoms with Crippen molar-refractivity contribution < 1.29 is 14.3 Å². The highest BCUT2D eigenvalue weighted by atomic mass is 127. The minimum atomic E-state index is -1.13. The van der Waals surface area contributed by atoms with Crippen LogP contribution in [0.15, 0.2) is 60.7 Å². The van der Waals surface area contributed by atoms with Gasteiger partial charge in [-0.25, -0.2) is 0 Å². The van der Waals surface area contributed by atoms with Crippen molar-refractivity contribution in [3.8, 4) is 5.75 Å². The van der Waals surface area contributed by atoms with E-state index in [0.29, 0.717) is 21.5 Å². The van der Waals surface area contributed by atoms with Gasteiger partial charge in [-0.1, -0.05) is 47.8 Å². The zero-order chi connectivity index (χ0) is 26.4. The predicted molar refractivity (Wildman–Crippen MR) is 158 cm³/mol. The smallest absolute Gasteiger partial charge is 0.238 e. The van der Waals surface area contributed by atoms with Crippen LogP contribution in [-0.4, -0.2) is 17.9 Å². The third-order valence-corrected chi connectivity index (χ3v) is 9.27. The fourth-order valence-electron chi connectivity index (χ4n) is 6.48. The van der Waals surface area contributed by atoms with Gasteiger partial charge in [0, 0.05) is 37.2 Å². The molecule has 0 bridgehead atoms. The molecule has 3 aromatic carbocycles. The Kier molecular flexibility index (Phi) is 7.08. The van der Waals surface area contributed by atoms with Gasteiger partial charge < -0.3 is 15.4 Å². The molecule has 196 valence electrons. The number of anilines is 1. The highest BCUT2D eigenvalue weighted by molar-refractivity contribution is 14.1. The van der Waals surface area contributed by atoms with Crippen molar-refractivity contribution in [1.82, 2.24) is 5.32 Å². The standard InChI is InChI=1S/C30H27Cl2IN2O3/c31-18-6-4-5-17(13-18)24-16-27(36)35-28(30(24)23-11-9-19(32)14-25(23)34-29(30)37)22-15-20(33)10-12-26(22)38-21-7-2-1-3-8-21/h4-6,9-15,21,24,28H,1-3,7-8,16H2,(H,34,37)(H,35,36). The van der Waals surface area contributed by atoms with Gasteiger partial charge in [0.2, 0.25) is 11.8 Å². The maximum absolute atomic E-state index is 14.3. The number of benzene rings is 3. The van der Waals surface area contributed by atoms with E-state index in [0.717, 1.165) is 45.9 Å². The van der Waals surface area contributed by atoms with Gasteiger partial charge in [0.15, 0.2) is 0 Å². The Morgan fingerprint density at radius 2 is 1.71 bits per heavy atom. The lowest BCUT2D eigenvalue weighted by Crippen LogP contribution is -2.57. The molecule has 5 nitrogen and oxygen atoms in total. The molecule has 1 aliphatic carbocycles. The highest BCUT2D eigenvalue weighted by Gasteiger charge is 2.61. The van der Waals surface area contributed by atoms with Gasteiger partial charge in [-0.05, 0) is 102 Å². The quantitative estimate of drug-likeness (QED) is 0.284. The number of rotatable bonds is 4. The Morgan fingerprint density at radius 3 is 2.50 bits per heavy atom. The molecule has 2 fully saturated rings. The molecule has 3 atom stereocenters. The molecule has 1 saturated carbocycles. The third kappa shape index (κ3) is 4.48. The normalized spacial score (nSPS) is 25.1. The van der Waals surface area contributed by atoms with E-state index in [2.05, 4.69) is 33.2 Å². The number of piperidine rings is 1. The summed E-state index contributed by atoms with van der Waals surface area (Å²) in [4.78, 5) is 27.7. The average Bonchev–Trinajstić information content (AvgIpc) is 3.18. The number of amides is 2. The second-order valence-electron chi connectivity index (χ2n) is 10.4. The van der Waals surface area contributed by atoms with E-state index in [4.69, 9.17) is 27.9 Å². The summed E-state index contributed by atoms with van der Waals surface area (Å²) in [5, 5.41) is 7.41. The molecule has 1 saturated heterocycles. The van der Waals surface area contributed by atoms with Crippen LogP contribution in [0.2, 0.25) is 10.0 Å². The number of hydrogen-bond donors (Lipinski definition) is 2. The maximum atomic E-state index is 14.3. The molecular weight excluding hydrogens is 634 g/mol.